The summed E-state index contributed by atoms with van der Waals surface area (Å²) in [6.07, 6.45) is 0. The third-order valence-corrected chi connectivity index (χ3v) is 3.83. The molecule has 0 aromatic heterocycles. The zero-order valence-electron chi connectivity index (χ0n) is 12.5. The van der Waals surface area contributed by atoms with Crippen LogP contribution in [0.2, 0.25) is 0 Å². The molecule has 0 unspecified atom stereocenters. The van der Waals surface area contributed by atoms with E-state index in [4.69, 9.17) is 5.73 Å². The number of anilines is 1. The second-order valence-corrected chi connectivity index (χ2v) is 5.89. The van der Waals surface area contributed by atoms with E-state index in [0.29, 0.717) is 5.69 Å². The fourth-order valence-corrected chi connectivity index (χ4v) is 2.44. The van der Waals surface area contributed by atoms with Crippen molar-refractivity contribution >= 4 is 11.5 Å². The number of rotatable bonds is 3. The van der Waals surface area contributed by atoms with Crippen molar-refractivity contribution in [2.45, 2.75) is 33.1 Å². The van der Waals surface area contributed by atoms with E-state index in [1.54, 1.807) is 0 Å². The van der Waals surface area contributed by atoms with E-state index in [2.05, 4.69) is 0 Å². The molecule has 0 saturated carbocycles. The van der Waals surface area contributed by atoms with E-state index < -0.39 is 5.41 Å². The predicted octanol–water partition coefficient (Wildman–Crippen LogP) is 4.05. The van der Waals surface area contributed by atoms with E-state index in [1.807, 2.05) is 70.2 Å². The largest absolute Gasteiger partial charge is 0.399 e. The summed E-state index contributed by atoms with van der Waals surface area (Å²) >= 11 is 0. The Morgan fingerprint density at radius 2 is 1.60 bits per heavy atom. The molecular formula is C18H21NO. The Labute approximate surface area is 120 Å². The highest BCUT2D eigenvalue weighted by Crippen LogP contribution is 2.29. The summed E-state index contributed by atoms with van der Waals surface area (Å²) in [5.74, 6) is 0.139. The standard InChI is InChI=1S/C18H21NO/c1-12-5-10-16(13(2)11-12)17(20)18(3,4)14-6-8-15(19)9-7-14/h5-11H,19H2,1-4H3. The van der Waals surface area contributed by atoms with Gasteiger partial charge in [-0.25, -0.2) is 0 Å². The first-order chi connectivity index (χ1) is 9.32. The lowest BCUT2D eigenvalue weighted by Crippen LogP contribution is -2.29. The average molecular weight is 267 g/mol. The van der Waals surface area contributed by atoms with Crippen LogP contribution in [0.1, 0.15) is 40.9 Å². The molecule has 0 aliphatic rings. The summed E-state index contributed by atoms with van der Waals surface area (Å²) in [5, 5.41) is 0. The number of hydrogen-bond acceptors (Lipinski definition) is 2. The lowest BCUT2D eigenvalue weighted by Gasteiger charge is -2.25. The topological polar surface area (TPSA) is 43.1 Å². The van der Waals surface area contributed by atoms with Crippen LogP contribution in [-0.2, 0) is 5.41 Å². The third kappa shape index (κ3) is 2.60. The Balaban J connectivity index is 2.42. The van der Waals surface area contributed by atoms with Crippen LogP contribution in [0.25, 0.3) is 0 Å². The van der Waals surface area contributed by atoms with Crippen molar-refractivity contribution in [2.75, 3.05) is 5.73 Å². The normalized spacial score (nSPS) is 11.4. The van der Waals surface area contributed by atoms with Crippen molar-refractivity contribution in [2.24, 2.45) is 0 Å². The molecule has 0 radical (unpaired) electrons. The highest BCUT2D eigenvalue weighted by Gasteiger charge is 2.31. The maximum Gasteiger partial charge on any atom is 0.173 e. The highest BCUT2D eigenvalue weighted by atomic mass is 16.1. The molecule has 2 heteroatoms. The van der Waals surface area contributed by atoms with Crippen molar-refractivity contribution in [3.63, 3.8) is 0 Å². The van der Waals surface area contributed by atoms with Crippen LogP contribution in [0.4, 0.5) is 5.69 Å². The van der Waals surface area contributed by atoms with Crippen LogP contribution in [0.5, 0.6) is 0 Å². The van der Waals surface area contributed by atoms with Gasteiger partial charge in [-0.1, -0.05) is 35.9 Å². The molecule has 0 spiro atoms. The van der Waals surface area contributed by atoms with Gasteiger partial charge in [0.05, 0.1) is 5.41 Å². The lowest BCUT2D eigenvalue weighted by atomic mass is 9.77. The van der Waals surface area contributed by atoms with Gasteiger partial charge in [0.1, 0.15) is 0 Å². The number of carbonyl (C=O) groups excluding carboxylic acids is 1. The van der Waals surface area contributed by atoms with Crippen molar-refractivity contribution in [1.82, 2.24) is 0 Å². The molecule has 0 saturated heterocycles. The van der Waals surface area contributed by atoms with Crippen molar-refractivity contribution in [3.05, 3.63) is 64.7 Å². The molecule has 0 aliphatic heterocycles. The summed E-state index contributed by atoms with van der Waals surface area (Å²) in [6, 6.07) is 13.5. The smallest absolute Gasteiger partial charge is 0.173 e. The Hall–Kier alpha value is -2.09. The van der Waals surface area contributed by atoms with Crippen molar-refractivity contribution in [3.8, 4) is 0 Å². The van der Waals surface area contributed by atoms with Crippen molar-refractivity contribution < 1.29 is 4.79 Å². The summed E-state index contributed by atoms with van der Waals surface area (Å²) in [6.45, 7) is 7.94. The molecule has 0 atom stereocenters. The van der Waals surface area contributed by atoms with Gasteiger partial charge in [0.2, 0.25) is 0 Å². The first-order valence-corrected chi connectivity index (χ1v) is 6.80. The molecule has 2 aromatic carbocycles. The number of ketones is 1. The summed E-state index contributed by atoms with van der Waals surface area (Å²) in [5.41, 5.74) is 9.83. The van der Waals surface area contributed by atoms with E-state index in [-0.39, 0.29) is 5.78 Å². The predicted molar refractivity (Wildman–Crippen MR) is 84.1 cm³/mol. The van der Waals surface area contributed by atoms with Crippen LogP contribution >= 0.6 is 0 Å². The fourth-order valence-electron chi connectivity index (χ4n) is 2.44. The van der Waals surface area contributed by atoms with E-state index in [9.17, 15) is 4.79 Å². The first-order valence-electron chi connectivity index (χ1n) is 6.80. The highest BCUT2D eigenvalue weighted by molar-refractivity contribution is 6.04. The minimum absolute atomic E-state index is 0.139. The van der Waals surface area contributed by atoms with Gasteiger partial charge in [0, 0.05) is 11.3 Å². The molecule has 0 fully saturated rings. The zero-order valence-corrected chi connectivity index (χ0v) is 12.5. The number of Topliss-reactive ketones (excluding diaryl/α,β-unsaturated/α-hetero) is 1. The minimum Gasteiger partial charge on any atom is -0.399 e. The number of nitrogen functional groups attached to an aromatic ring is 1. The number of carbonyl (C=O) groups is 1. The van der Waals surface area contributed by atoms with Crippen LogP contribution in [0.15, 0.2) is 42.5 Å². The molecule has 0 bridgehead atoms. The maximum atomic E-state index is 12.9. The van der Waals surface area contributed by atoms with E-state index >= 15 is 0 Å². The molecule has 2 rings (SSSR count). The van der Waals surface area contributed by atoms with Gasteiger partial charge in [0.15, 0.2) is 5.78 Å². The van der Waals surface area contributed by atoms with Gasteiger partial charge in [-0.15, -0.1) is 0 Å². The molecule has 20 heavy (non-hydrogen) atoms. The summed E-state index contributed by atoms with van der Waals surface area (Å²) in [7, 11) is 0. The first kappa shape index (κ1) is 14.3. The van der Waals surface area contributed by atoms with Gasteiger partial charge < -0.3 is 5.73 Å². The van der Waals surface area contributed by atoms with Crippen LogP contribution in [0, 0.1) is 13.8 Å². The average Bonchev–Trinajstić information content (AvgIpc) is 2.38. The van der Waals surface area contributed by atoms with Gasteiger partial charge in [-0.3, -0.25) is 4.79 Å². The molecule has 2 N–H and O–H groups in total. The number of nitrogens with two attached hydrogens (primary N) is 1. The quantitative estimate of drug-likeness (QED) is 0.673. The minimum atomic E-state index is -0.562. The van der Waals surface area contributed by atoms with Gasteiger partial charge >= 0.3 is 0 Å². The fraction of sp³-hybridized carbons (Fsp3) is 0.278. The van der Waals surface area contributed by atoms with E-state index in [0.717, 1.165) is 16.7 Å². The molecule has 0 aliphatic carbocycles. The molecule has 2 nitrogen and oxygen atoms in total. The number of hydrogen-bond donors (Lipinski definition) is 1. The Bertz CT molecular complexity index is 639. The molecule has 2 aromatic rings. The summed E-state index contributed by atoms with van der Waals surface area (Å²) in [4.78, 5) is 12.9. The van der Waals surface area contributed by atoms with Crippen LogP contribution in [0.3, 0.4) is 0 Å². The number of aryl methyl sites for hydroxylation is 2. The Kier molecular flexibility index (Phi) is 3.67. The monoisotopic (exact) mass is 267 g/mol. The Morgan fingerprint density at radius 3 is 2.15 bits per heavy atom. The second kappa shape index (κ2) is 5.12. The lowest BCUT2D eigenvalue weighted by molar-refractivity contribution is 0.0908. The van der Waals surface area contributed by atoms with Gasteiger partial charge in [0.25, 0.3) is 0 Å². The maximum absolute atomic E-state index is 12.9. The van der Waals surface area contributed by atoms with Gasteiger partial charge in [-0.05, 0) is 51.0 Å². The van der Waals surface area contributed by atoms with E-state index in [1.165, 1.54) is 5.56 Å². The summed E-state index contributed by atoms with van der Waals surface area (Å²) < 4.78 is 0. The SMILES string of the molecule is Cc1ccc(C(=O)C(C)(C)c2ccc(N)cc2)c(C)c1. The third-order valence-electron chi connectivity index (χ3n) is 3.83. The Morgan fingerprint density at radius 1 is 1.00 bits per heavy atom. The second-order valence-electron chi connectivity index (χ2n) is 5.89. The van der Waals surface area contributed by atoms with Gasteiger partial charge in [-0.2, -0.15) is 0 Å². The zero-order chi connectivity index (χ0) is 14.9. The van der Waals surface area contributed by atoms with Crippen LogP contribution < -0.4 is 5.73 Å². The van der Waals surface area contributed by atoms with Crippen molar-refractivity contribution in [1.29, 1.82) is 0 Å². The molecule has 0 heterocycles. The number of benzene rings is 2. The molecule has 0 amide bonds. The molecule has 104 valence electrons. The van der Waals surface area contributed by atoms with Crippen LogP contribution in [-0.4, -0.2) is 5.78 Å². The molecular weight excluding hydrogens is 246 g/mol.